The van der Waals surface area contributed by atoms with Gasteiger partial charge < -0.3 is 15.7 Å². The molecule has 0 saturated carbocycles. The molecule has 30 heavy (non-hydrogen) atoms. The summed E-state index contributed by atoms with van der Waals surface area (Å²) in [6.07, 6.45) is -2.30. The summed E-state index contributed by atoms with van der Waals surface area (Å²) in [4.78, 5) is 22.5. The van der Waals surface area contributed by atoms with E-state index in [2.05, 4.69) is 9.97 Å². The largest absolute Gasteiger partial charge is 0.379 e. The highest BCUT2D eigenvalue weighted by molar-refractivity contribution is 6.36. The number of carbonyl (C=O) groups excluding carboxylic acids is 1. The molecule has 4 rings (SSSR count). The minimum atomic E-state index is -2.09. The van der Waals surface area contributed by atoms with E-state index in [1.54, 1.807) is 18.2 Å². The highest BCUT2D eigenvalue weighted by Gasteiger charge is 2.37. The molecule has 0 spiro atoms. The first-order valence-electron chi connectivity index (χ1n) is 9.00. The number of nitrogens with zero attached hydrogens (tertiary/aromatic N) is 3. The summed E-state index contributed by atoms with van der Waals surface area (Å²) < 4.78 is 27.7. The van der Waals surface area contributed by atoms with E-state index in [9.17, 15) is 18.7 Å². The lowest BCUT2D eigenvalue weighted by atomic mass is 9.96. The van der Waals surface area contributed by atoms with Crippen LogP contribution in [0.2, 0.25) is 10.0 Å². The topological polar surface area (TPSA) is 92.3 Å². The number of nitrogens with two attached hydrogens (primary N) is 1. The minimum absolute atomic E-state index is 0.00571. The lowest BCUT2D eigenvalue weighted by Crippen LogP contribution is -2.40. The fourth-order valence-corrected chi connectivity index (χ4v) is 4.04. The van der Waals surface area contributed by atoms with E-state index in [4.69, 9.17) is 28.9 Å². The van der Waals surface area contributed by atoms with Crippen molar-refractivity contribution in [1.82, 2.24) is 14.9 Å². The Morgan fingerprint density at radius 3 is 2.77 bits per heavy atom. The third-order valence-electron chi connectivity index (χ3n) is 5.03. The van der Waals surface area contributed by atoms with Gasteiger partial charge in [0.2, 0.25) is 5.95 Å². The van der Waals surface area contributed by atoms with Crippen molar-refractivity contribution in [3.63, 3.8) is 0 Å². The zero-order valence-electron chi connectivity index (χ0n) is 15.4. The van der Waals surface area contributed by atoms with Gasteiger partial charge in [0.25, 0.3) is 5.91 Å². The fourth-order valence-electron chi connectivity index (χ4n) is 3.54. The monoisotopic (exact) mass is 452 g/mol. The van der Waals surface area contributed by atoms with Crippen molar-refractivity contribution in [2.24, 2.45) is 0 Å². The smallest absolute Gasteiger partial charge is 0.256 e. The van der Waals surface area contributed by atoms with Gasteiger partial charge in [-0.25, -0.2) is 18.7 Å². The van der Waals surface area contributed by atoms with Gasteiger partial charge in [-0.1, -0.05) is 35.4 Å². The van der Waals surface area contributed by atoms with Crippen LogP contribution in [-0.4, -0.2) is 44.3 Å². The van der Waals surface area contributed by atoms with Gasteiger partial charge in [-0.05, 0) is 24.3 Å². The van der Waals surface area contributed by atoms with Crippen molar-refractivity contribution in [3.8, 4) is 11.3 Å². The van der Waals surface area contributed by atoms with Gasteiger partial charge in [0, 0.05) is 21.7 Å². The molecule has 2 aliphatic rings. The molecule has 2 aromatic rings. The van der Waals surface area contributed by atoms with Crippen LogP contribution < -0.4 is 5.73 Å². The van der Waals surface area contributed by atoms with Crippen LogP contribution in [0.4, 0.5) is 14.7 Å². The summed E-state index contributed by atoms with van der Waals surface area (Å²) in [7, 11) is 0. The Balaban J connectivity index is 1.64. The van der Waals surface area contributed by atoms with Crippen molar-refractivity contribution in [1.29, 1.82) is 0 Å². The number of aliphatic hydroxyl groups is 1. The molecule has 1 aromatic heterocycles. The molecule has 2 heterocycles. The molecule has 10 heteroatoms. The third-order valence-corrected chi connectivity index (χ3v) is 5.58. The lowest BCUT2D eigenvalue weighted by Gasteiger charge is -2.25. The van der Waals surface area contributed by atoms with Gasteiger partial charge in [-0.3, -0.25) is 4.79 Å². The number of rotatable bonds is 3. The van der Waals surface area contributed by atoms with Gasteiger partial charge in [0.15, 0.2) is 18.4 Å². The average Bonchev–Trinajstić information content (AvgIpc) is 3.12. The molecule has 1 aromatic carbocycles. The number of nitrogen functional groups attached to an aromatic ring is 1. The number of alkyl halides is 2. The number of fused-ring (bicyclic) bond motifs is 1. The first-order chi connectivity index (χ1) is 14.3. The highest BCUT2D eigenvalue weighted by atomic mass is 35.5. The molecule has 3 N–H and O–H groups in total. The Labute approximate surface area is 180 Å². The van der Waals surface area contributed by atoms with Gasteiger partial charge in [0.05, 0.1) is 29.5 Å². The van der Waals surface area contributed by atoms with Crippen LogP contribution in [-0.2, 0) is 17.9 Å². The molecule has 0 bridgehead atoms. The SMILES string of the molecule is Nc1nc2c(c(-c3ccc(Cl)cc3Cl)n1)CN(C(=O)C(O)C1=CC=CC(F)C1F)C2. The number of benzene rings is 1. The summed E-state index contributed by atoms with van der Waals surface area (Å²) >= 11 is 12.3. The summed E-state index contributed by atoms with van der Waals surface area (Å²) in [6, 6.07) is 4.88. The van der Waals surface area contributed by atoms with Crippen LogP contribution in [0, 0.1) is 0 Å². The molecule has 156 valence electrons. The third kappa shape index (κ3) is 3.66. The maximum absolute atomic E-state index is 14.1. The summed E-state index contributed by atoms with van der Waals surface area (Å²) in [5.41, 5.74) is 7.60. The molecule has 0 fully saturated rings. The summed E-state index contributed by atoms with van der Waals surface area (Å²) in [5, 5.41) is 11.2. The number of aliphatic hydroxyl groups excluding tert-OH is 1. The Hall–Kier alpha value is -2.55. The van der Waals surface area contributed by atoms with Crippen molar-refractivity contribution < 1.29 is 18.7 Å². The lowest BCUT2D eigenvalue weighted by molar-refractivity contribution is -0.139. The maximum Gasteiger partial charge on any atom is 0.256 e. The molecule has 3 unspecified atom stereocenters. The fraction of sp³-hybridized carbons (Fsp3) is 0.250. The summed E-state index contributed by atoms with van der Waals surface area (Å²) in [5.74, 6) is -0.773. The number of aromatic nitrogens is 2. The second-order valence-electron chi connectivity index (χ2n) is 6.97. The molecule has 1 aliphatic carbocycles. The van der Waals surface area contributed by atoms with Crippen molar-refractivity contribution >= 4 is 35.1 Å². The van der Waals surface area contributed by atoms with E-state index >= 15 is 0 Å². The van der Waals surface area contributed by atoms with Crippen LogP contribution >= 0.6 is 23.2 Å². The Morgan fingerprint density at radius 1 is 1.27 bits per heavy atom. The zero-order chi connectivity index (χ0) is 21.6. The number of carbonyl (C=O) groups is 1. The Morgan fingerprint density at radius 2 is 2.03 bits per heavy atom. The molecular weight excluding hydrogens is 437 g/mol. The minimum Gasteiger partial charge on any atom is -0.379 e. The van der Waals surface area contributed by atoms with Crippen molar-refractivity contribution in [3.05, 3.63) is 63.3 Å². The molecule has 1 amide bonds. The van der Waals surface area contributed by atoms with E-state index in [1.807, 2.05) is 0 Å². The number of anilines is 1. The number of hydrogen-bond donors (Lipinski definition) is 2. The molecule has 0 saturated heterocycles. The van der Waals surface area contributed by atoms with Gasteiger partial charge in [-0.2, -0.15) is 0 Å². The van der Waals surface area contributed by atoms with Crippen molar-refractivity contribution in [2.75, 3.05) is 5.73 Å². The van der Waals surface area contributed by atoms with Gasteiger partial charge in [-0.15, -0.1) is 0 Å². The van der Waals surface area contributed by atoms with Crippen LogP contribution in [0.1, 0.15) is 11.3 Å². The van der Waals surface area contributed by atoms with Crippen LogP contribution in [0.15, 0.2) is 42.0 Å². The Kier molecular flexibility index (Phi) is 5.48. The molecule has 6 nitrogen and oxygen atoms in total. The van der Waals surface area contributed by atoms with E-state index in [0.717, 1.165) is 6.08 Å². The van der Waals surface area contributed by atoms with Gasteiger partial charge in [0.1, 0.15) is 0 Å². The zero-order valence-corrected chi connectivity index (χ0v) is 16.9. The Bertz CT molecular complexity index is 1090. The highest BCUT2D eigenvalue weighted by Crippen LogP contribution is 2.36. The number of allylic oxidation sites excluding steroid dienone is 3. The predicted octanol–water partition coefficient (Wildman–Crippen LogP) is 3.41. The molecule has 3 atom stereocenters. The van der Waals surface area contributed by atoms with Crippen molar-refractivity contribution in [2.45, 2.75) is 31.5 Å². The number of halogens is 4. The number of amides is 1. The molecule has 1 aliphatic heterocycles. The van der Waals surface area contributed by atoms with Crippen LogP contribution in [0.25, 0.3) is 11.3 Å². The first kappa shape index (κ1) is 20.7. The second-order valence-corrected chi connectivity index (χ2v) is 7.82. The molecular formula is C20H16Cl2F2N4O2. The first-order valence-corrected chi connectivity index (χ1v) is 9.75. The van der Waals surface area contributed by atoms with Crippen LogP contribution in [0.5, 0.6) is 0 Å². The number of hydrogen-bond acceptors (Lipinski definition) is 5. The van der Waals surface area contributed by atoms with E-state index in [-0.39, 0.29) is 24.6 Å². The molecule has 0 radical (unpaired) electrons. The average molecular weight is 453 g/mol. The quantitative estimate of drug-likeness (QED) is 0.744. The van der Waals surface area contributed by atoms with E-state index in [1.165, 1.54) is 17.1 Å². The second kappa shape index (κ2) is 7.94. The van der Waals surface area contributed by atoms with Crippen LogP contribution in [0.3, 0.4) is 0 Å². The maximum atomic E-state index is 14.1. The van der Waals surface area contributed by atoms with E-state index in [0.29, 0.717) is 32.6 Å². The van der Waals surface area contributed by atoms with E-state index < -0.39 is 24.4 Å². The van der Waals surface area contributed by atoms with Gasteiger partial charge >= 0.3 is 0 Å². The summed E-state index contributed by atoms with van der Waals surface area (Å²) in [6.45, 7) is 0.0915. The standard InChI is InChI=1S/C20H16Cl2F2N4O2/c21-9-4-5-10(13(22)6-9)17-12-7-28(8-15(12)26-20(25)27-17)19(30)18(29)11-2-1-3-14(23)16(11)24/h1-6,14,16,18,29H,7-8H2,(H2,25,26,27). The predicted molar refractivity (Wildman–Crippen MR) is 109 cm³/mol. The normalized spacial score (nSPS) is 21.4.